The second-order valence-electron chi connectivity index (χ2n) is 7.26. The molecule has 4 aromatic rings. The molecule has 0 N–H and O–H groups in total. The minimum Gasteiger partial charge on any atom is -0.435 e. The number of ether oxygens (including phenoxy) is 2. The molecule has 0 aliphatic carbocycles. The Morgan fingerprint density at radius 2 is 1.40 bits per heavy atom. The van der Waals surface area contributed by atoms with Crippen molar-refractivity contribution >= 4 is 5.82 Å². The smallest absolute Gasteiger partial charge is 0.390 e. The van der Waals surface area contributed by atoms with Crippen molar-refractivity contribution in [1.29, 1.82) is 0 Å². The van der Waals surface area contributed by atoms with Gasteiger partial charge in [0.1, 0.15) is 11.5 Å². The highest BCUT2D eigenvalue weighted by atomic mass is 19.3. The Morgan fingerprint density at radius 1 is 0.857 bits per heavy atom. The van der Waals surface area contributed by atoms with Crippen LogP contribution in [0.5, 0.6) is 11.5 Å². The van der Waals surface area contributed by atoms with Crippen LogP contribution in [0.3, 0.4) is 0 Å². The van der Waals surface area contributed by atoms with Crippen LogP contribution in [-0.4, -0.2) is 37.7 Å². The Bertz CT molecular complexity index is 1320. The van der Waals surface area contributed by atoms with Crippen LogP contribution in [0.25, 0.3) is 22.5 Å². The Kier molecular flexibility index (Phi) is 6.66. The van der Waals surface area contributed by atoms with E-state index in [4.69, 9.17) is 0 Å². The summed E-state index contributed by atoms with van der Waals surface area (Å²) in [6, 6.07) is 14.8. The number of halogens is 4. The molecule has 0 saturated heterocycles. The molecule has 35 heavy (non-hydrogen) atoms. The lowest BCUT2D eigenvalue weighted by Gasteiger charge is -2.08. The molecule has 4 rings (SSSR count). The summed E-state index contributed by atoms with van der Waals surface area (Å²) in [5, 5.41) is 19.6. The summed E-state index contributed by atoms with van der Waals surface area (Å²) < 4.78 is 61.5. The predicted molar refractivity (Wildman–Crippen MR) is 115 cm³/mol. The van der Waals surface area contributed by atoms with E-state index >= 15 is 0 Å². The zero-order valence-electron chi connectivity index (χ0n) is 18.0. The van der Waals surface area contributed by atoms with Gasteiger partial charge < -0.3 is 19.6 Å². The maximum absolute atomic E-state index is 12.5. The van der Waals surface area contributed by atoms with Crippen molar-refractivity contribution in [2.45, 2.75) is 26.8 Å². The molecule has 0 radical (unpaired) electrons. The van der Waals surface area contributed by atoms with Gasteiger partial charge >= 0.3 is 19.0 Å². The second-order valence-corrected chi connectivity index (χ2v) is 7.26. The first-order chi connectivity index (χ1) is 16.7. The molecule has 9 nitrogen and oxygen atoms in total. The molecule has 13 heteroatoms. The molecular weight excluding hydrogens is 474 g/mol. The number of aryl methyl sites for hydroxylation is 1. The number of hydrogen-bond acceptors (Lipinski definition) is 6. The molecule has 0 aliphatic heterocycles. The summed E-state index contributed by atoms with van der Waals surface area (Å²) in [7, 11) is 0. The van der Waals surface area contributed by atoms with Crippen LogP contribution in [0.15, 0.2) is 60.7 Å². The fraction of sp³-hybridized carbons (Fsp3) is 0.182. The molecule has 0 spiro atoms. The van der Waals surface area contributed by atoms with Crippen molar-refractivity contribution < 1.29 is 32.0 Å². The number of hydrogen-bond donors (Lipinski definition) is 0. The molecular formula is C22H17F4N5O4. The van der Waals surface area contributed by atoms with Crippen LogP contribution in [-0.2, 0) is 6.67 Å². The molecule has 0 unspecified atom stereocenters. The van der Waals surface area contributed by atoms with Gasteiger partial charge in [-0.15, -0.1) is 0 Å². The molecule has 0 aliphatic rings. The van der Waals surface area contributed by atoms with Gasteiger partial charge in [0.2, 0.25) is 0 Å². The standard InChI is InChI=1S/C22H17F4N5O4/c1-13-10-20(31(32)33)28-29(13)12-30-19(15-4-8-17(9-5-15)35-22(25)26)11-18(27-30)14-2-6-16(7-3-14)34-21(23)24/h2-11,21-22H,12H2,1H3. The van der Waals surface area contributed by atoms with Crippen LogP contribution in [0.1, 0.15) is 5.69 Å². The lowest BCUT2D eigenvalue weighted by Crippen LogP contribution is -2.13. The van der Waals surface area contributed by atoms with Crippen molar-refractivity contribution in [2.75, 3.05) is 0 Å². The van der Waals surface area contributed by atoms with E-state index in [1.807, 2.05) is 0 Å². The van der Waals surface area contributed by atoms with E-state index in [9.17, 15) is 27.7 Å². The van der Waals surface area contributed by atoms with Crippen molar-refractivity contribution in [2.24, 2.45) is 0 Å². The molecule has 0 saturated carbocycles. The summed E-state index contributed by atoms with van der Waals surface area (Å²) in [6.07, 6.45) is 0. The number of alkyl halides is 4. The van der Waals surface area contributed by atoms with Crippen LogP contribution in [0.4, 0.5) is 23.4 Å². The molecule has 0 atom stereocenters. The predicted octanol–water partition coefficient (Wildman–Crippen LogP) is 5.34. The largest absolute Gasteiger partial charge is 0.435 e. The van der Waals surface area contributed by atoms with Gasteiger partial charge in [0, 0.05) is 11.1 Å². The first kappa shape index (κ1) is 23.7. The lowest BCUT2D eigenvalue weighted by molar-refractivity contribution is -0.389. The summed E-state index contributed by atoms with van der Waals surface area (Å²) in [6.45, 7) is -4.25. The van der Waals surface area contributed by atoms with Crippen LogP contribution >= 0.6 is 0 Å². The zero-order chi connectivity index (χ0) is 25.1. The monoisotopic (exact) mass is 491 g/mol. The first-order valence-electron chi connectivity index (χ1n) is 10.1. The van der Waals surface area contributed by atoms with E-state index in [0.29, 0.717) is 28.2 Å². The first-order valence-corrected chi connectivity index (χ1v) is 10.1. The Morgan fingerprint density at radius 3 is 1.89 bits per heavy atom. The number of aromatic nitrogens is 4. The van der Waals surface area contributed by atoms with Gasteiger partial charge in [-0.2, -0.15) is 27.3 Å². The topological polar surface area (TPSA) is 97.2 Å². The fourth-order valence-electron chi connectivity index (χ4n) is 3.36. The minimum atomic E-state index is -2.96. The highest BCUT2D eigenvalue weighted by Gasteiger charge is 2.19. The van der Waals surface area contributed by atoms with Gasteiger partial charge in [-0.1, -0.05) is 0 Å². The minimum absolute atomic E-state index is 0.0108. The quantitative estimate of drug-likeness (QED) is 0.178. The molecule has 2 aromatic heterocycles. The van der Waals surface area contributed by atoms with E-state index in [-0.39, 0.29) is 24.0 Å². The number of rotatable bonds is 9. The molecule has 0 bridgehead atoms. The van der Waals surface area contributed by atoms with Crippen LogP contribution in [0, 0.1) is 17.0 Å². The molecule has 182 valence electrons. The van der Waals surface area contributed by atoms with Crippen LogP contribution in [0.2, 0.25) is 0 Å². The summed E-state index contributed by atoms with van der Waals surface area (Å²) in [5.41, 5.74) is 2.73. The number of nitrogens with zero attached hydrogens (tertiary/aromatic N) is 5. The lowest BCUT2D eigenvalue weighted by atomic mass is 10.1. The van der Waals surface area contributed by atoms with Crippen molar-refractivity contribution in [3.8, 4) is 34.0 Å². The summed E-state index contributed by atoms with van der Waals surface area (Å²) in [4.78, 5) is 10.5. The second kappa shape index (κ2) is 9.83. The molecule has 2 aromatic carbocycles. The Labute approximate surface area is 195 Å². The molecule has 2 heterocycles. The maximum atomic E-state index is 12.5. The summed E-state index contributed by atoms with van der Waals surface area (Å²) in [5.74, 6) is -0.361. The van der Waals surface area contributed by atoms with Crippen molar-refractivity contribution in [3.05, 3.63) is 76.5 Å². The van der Waals surface area contributed by atoms with E-state index in [1.165, 1.54) is 39.7 Å². The fourth-order valence-corrected chi connectivity index (χ4v) is 3.36. The van der Waals surface area contributed by atoms with Gasteiger partial charge in [-0.05, 0) is 66.4 Å². The number of benzene rings is 2. The van der Waals surface area contributed by atoms with Crippen LogP contribution < -0.4 is 9.47 Å². The van der Waals surface area contributed by atoms with Crippen molar-refractivity contribution in [1.82, 2.24) is 19.6 Å². The zero-order valence-corrected chi connectivity index (χ0v) is 18.0. The Hall–Kier alpha value is -4.42. The number of nitro groups is 1. The van der Waals surface area contributed by atoms with Crippen molar-refractivity contribution in [3.63, 3.8) is 0 Å². The van der Waals surface area contributed by atoms with E-state index in [0.717, 1.165) is 0 Å². The third-order valence-electron chi connectivity index (χ3n) is 4.95. The normalized spacial score (nSPS) is 11.3. The highest BCUT2D eigenvalue weighted by Crippen LogP contribution is 2.29. The molecule has 0 amide bonds. The SMILES string of the molecule is Cc1cc([N+](=O)[O-])nn1Cn1nc(-c2ccc(OC(F)F)cc2)cc1-c1ccc(OC(F)F)cc1. The average Bonchev–Trinajstić information content (AvgIpc) is 3.38. The van der Waals surface area contributed by atoms with Gasteiger partial charge in [0.25, 0.3) is 0 Å². The Balaban J connectivity index is 1.72. The van der Waals surface area contributed by atoms with E-state index < -0.39 is 18.1 Å². The third kappa shape index (κ3) is 5.57. The molecule has 0 fully saturated rings. The summed E-state index contributed by atoms with van der Waals surface area (Å²) >= 11 is 0. The van der Waals surface area contributed by atoms with E-state index in [2.05, 4.69) is 19.7 Å². The van der Waals surface area contributed by atoms with Gasteiger partial charge in [-0.3, -0.25) is 0 Å². The maximum Gasteiger partial charge on any atom is 0.390 e. The van der Waals surface area contributed by atoms with Gasteiger partial charge in [0.15, 0.2) is 6.67 Å². The van der Waals surface area contributed by atoms with E-state index in [1.54, 1.807) is 37.3 Å². The van der Waals surface area contributed by atoms with Gasteiger partial charge in [-0.25, -0.2) is 4.68 Å². The highest BCUT2D eigenvalue weighted by molar-refractivity contribution is 5.69. The average molecular weight is 491 g/mol. The third-order valence-corrected chi connectivity index (χ3v) is 4.95. The van der Waals surface area contributed by atoms with Gasteiger partial charge in [0.05, 0.1) is 28.2 Å².